The molecule has 1 saturated heterocycles. The Labute approximate surface area is 68.4 Å². The van der Waals surface area contributed by atoms with Crippen LogP contribution in [0.25, 0.3) is 0 Å². The molecule has 2 aliphatic rings. The van der Waals surface area contributed by atoms with Crippen molar-refractivity contribution < 1.29 is 0 Å². The number of allylic oxidation sites excluding steroid dienone is 1. The van der Waals surface area contributed by atoms with Crippen LogP contribution in [0.1, 0.15) is 12.8 Å². The molecule has 0 aromatic carbocycles. The predicted molar refractivity (Wildman–Crippen MR) is 47.4 cm³/mol. The Morgan fingerprint density at radius 3 is 2.82 bits per heavy atom. The molecule has 1 heteroatoms. The Bertz CT molecular complexity index is 205. The molecule has 0 amide bonds. The molecule has 2 atom stereocenters. The van der Waals surface area contributed by atoms with Crippen LogP contribution in [0.3, 0.4) is 0 Å². The second kappa shape index (κ2) is 2.49. The molecule has 0 N–H and O–H groups in total. The van der Waals surface area contributed by atoms with Crippen LogP contribution in [0.15, 0.2) is 24.3 Å². The molecule has 1 fully saturated rings. The van der Waals surface area contributed by atoms with Gasteiger partial charge < -0.3 is 4.90 Å². The molecule has 0 saturated carbocycles. The van der Waals surface area contributed by atoms with E-state index in [4.69, 9.17) is 0 Å². The minimum atomic E-state index is 0.669. The highest BCUT2D eigenvalue weighted by atomic mass is 15.1. The molecular formula is C10H15N. The average Bonchev–Trinajstić information content (AvgIpc) is 2.34. The van der Waals surface area contributed by atoms with Crippen LogP contribution < -0.4 is 0 Å². The fraction of sp³-hybridized carbons (Fsp3) is 0.600. The Morgan fingerprint density at radius 1 is 1.64 bits per heavy atom. The van der Waals surface area contributed by atoms with Crippen LogP contribution in [0.5, 0.6) is 0 Å². The summed E-state index contributed by atoms with van der Waals surface area (Å²) in [6.07, 6.45) is 7.13. The Hall–Kier alpha value is -0.560. The third-order valence-electron chi connectivity index (χ3n) is 2.94. The smallest absolute Gasteiger partial charge is 0.0196 e. The van der Waals surface area contributed by atoms with E-state index in [0.29, 0.717) is 5.92 Å². The highest BCUT2D eigenvalue weighted by Crippen LogP contribution is 2.33. The van der Waals surface area contributed by atoms with Gasteiger partial charge in [-0.15, -0.1) is 0 Å². The molecule has 2 unspecified atom stereocenters. The highest BCUT2D eigenvalue weighted by molar-refractivity contribution is 5.35. The fourth-order valence-corrected chi connectivity index (χ4v) is 2.11. The highest BCUT2D eigenvalue weighted by Gasteiger charge is 2.31. The van der Waals surface area contributed by atoms with E-state index in [-0.39, 0.29) is 0 Å². The van der Waals surface area contributed by atoms with Crippen molar-refractivity contribution in [3.05, 3.63) is 24.3 Å². The van der Waals surface area contributed by atoms with E-state index in [1.165, 1.54) is 25.0 Å². The topological polar surface area (TPSA) is 3.24 Å². The summed E-state index contributed by atoms with van der Waals surface area (Å²) in [5.41, 5.74) is 1.32. The lowest BCUT2D eigenvalue weighted by Gasteiger charge is -2.31. The van der Waals surface area contributed by atoms with Crippen molar-refractivity contribution in [2.75, 3.05) is 13.6 Å². The molecule has 1 aliphatic heterocycles. The summed E-state index contributed by atoms with van der Waals surface area (Å²) in [5, 5.41) is 0. The van der Waals surface area contributed by atoms with Gasteiger partial charge in [-0.2, -0.15) is 0 Å². The quantitative estimate of drug-likeness (QED) is 0.549. The Kier molecular flexibility index (Phi) is 1.61. The standard InChI is InChI=1S/C10H15N/c1-8-5-6-9(8)10-4-3-7-11(10)2/h5-6,9-10H,1,3-4,7H2,2H3. The molecule has 0 spiro atoms. The number of likely N-dealkylation sites (tertiary alicyclic amines) is 1. The lowest BCUT2D eigenvalue weighted by molar-refractivity contribution is 0.270. The van der Waals surface area contributed by atoms with Crippen molar-refractivity contribution in [3.63, 3.8) is 0 Å². The maximum absolute atomic E-state index is 4.01. The SMILES string of the molecule is C=C1C=CC1C1CCCN1C. The number of hydrogen-bond donors (Lipinski definition) is 0. The number of rotatable bonds is 1. The normalized spacial score (nSPS) is 37.7. The fourth-order valence-electron chi connectivity index (χ4n) is 2.11. The summed E-state index contributed by atoms with van der Waals surface area (Å²) in [7, 11) is 2.22. The molecule has 1 aliphatic carbocycles. The summed E-state index contributed by atoms with van der Waals surface area (Å²) in [6.45, 7) is 5.27. The molecule has 11 heavy (non-hydrogen) atoms. The minimum absolute atomic E-state index is 0.669. The second-order valence-corrected chi connectivity index (χ2v) is 3.65. The lowest BCUT2D eigenvalue weighted by atomic mass is 9.82. The summed E-state index contributed by atoms with van der Waals surface area (Å²) < 4.78 is 0. The molecule has 2 rings (SSSR count). The average molecular weight is 149 g/mol. The lowest BCUT2D eigenvalue weighted by Crippen LogP contribution is -2.34. The monoisotopic (exact) mass is 149 g/mol. The van der Waals surface area contributed by atoms with E-state index in [1.807, 2.05) is 0 Å². The van der Waals surface area contributed by atoms with Gasteiger partial charge in [-0.05, 0) is 32.0 Å². The van der Waals surface area contributed by atoms with Crippen molar-refractivity contribution in [2.45, 2.75) is 18.9 Å². The summed E-state index contributed by atoms with van der Waals surface area (Å²) >= 11 is 0. The van der Waals surface area contributed by atoms with E-state index in [1.54, 1.807) is 0 Å². The Morgan fingerprint density at radius 2 is 2.45 bits per heavy atom. The van der Waals surface area contributed by atoms with Gasteiger partial charge in [0, 0.05) is 12.0 Å². The first-order valence-electron chi connectivity index (χ1n) is 4.36. The van der Waals surface area contributed by atoms with Crippen LogP contribution in [0.4, 0.5) is 0 Å². The van der Waals surface area contributed by atoms with Gasteiger partial charge in [0.2, 0.25) is 0 Å². The van der Waals surface area contributed by atoms with E-state index in [2.05, 4.69) is 30.7 Å². The largest absolute Gasteiger partial charge is 0.302 e. The van der Waals surface area contributed by atoms with Crippen molar-refractivity contribution in [3.8, 4) is 0 Å². The van der Waals surface area contributed by atoms with E-state index < -0.39 is 0 Å². The first-order chi connectivity index (χ1) is 5.29. The van der Waals surface area contributed by atoms with Crippen LogP contribution in [0.2, 0.25) is 0 Å². The summed E-state index contributed by atoms with van der Waals surface area (Å²) in [4.78, 5) is 2.46. The van der Waals surface area contributed by atoms with Crippen LogP contribution in [-0.2, 0) is 0 Å². The second-order valence-electron chi connectivity index (χ2n) is 3.65. The molecule has 0 radical (unpaired) electrons. The van der Waals surface area contributed by atoms with Crippen LogP contribution >= 0.6 is 0 Å². The van der Waals surface area contributed by atoms with Gasteiger partial charge in [0.05, 0.1) is 0 Å². The van der Waals surface area contributed by atoms with Gasteiger partial charge in [0.1, 0.15) is 0 Å². The number of hydrogen-bond acceptors (Lipinski definition) is 1. The van der Waals surface area contributed by atoms with Crippen molar-refractivity contribution in [1.29, 1.82) is 0 Å². The first kappa shape index (κ1) is 7.11. The molecule has 0 bridgehead atoms. The zero-order valence-electron chi connectivity index (χ0n) is 7.09. The number of nitrogens with zero attached hydrogens (tertiary/aromatic N) is 1. The summed E-state index contributed by atoms with van der Waals surface area (Å²) in [5.74, 6) is 0.669. The molecule has 0 aromatic rings. The zero-order chi connectivity index (χ0) is 7.84. The van der Waals surface area contributed by atoms with E-state index >= 15 is 0 Å². The Balaban J connectivity index is 2.05. The van der Waals surface area contributed by atoms with Crippen molar-refractivity contribution in [1.82, 2.24) is 4.90 Å². The van der Waals surface area contributed by atoms with Gasteiger partial charge in [-0.3, -0.25) is 0 Å². The molecule has 1 nitrogen and oxygen atoms in total. The molecular weight excluding hydrogens is 134 g/mol. The van der Waals surface area contributed by atoms with Crippen molar-refractivity contribution in [2.24, 2.45) is 5.92 Å². The summed E-state index contributed by atoms with van der Waals surface area (Å²) in [6, 6.07) is 0.757. The molecule has 0 aromatic heterocycles. The van der Waals surface area contributed by atoms with Gasteiger partial charge >= 0.3 is 0 Å². The third-order valence-corrected chi connectivity index (χ3v) is 2.94. The molecule has 1 heterocycles. The van der Waals surface area contributed by atoms with Gasteiger partial charge in [-0.1, -0.05) is 18.7 Å². The maximum Gasteiger partial charge on any atom is 0.0196 e. The van der Waals surface area contributed by atoms with E-state index in [0.717, 1.165) is 6.04 Å². The predicted octanol–water partition coefficient (Wildman–Crippen LogP) is 1.82. The van der Waals surface area contributed by atoms with Gasteiger partial charge in [0.25, 0.3) is 0 Å². The molecule has 60 valence electrons. The maximum atomic E-state index is 4.01. The van der Waals surface area contributed by atoms with Crippen LogP contribution in [-0.4, -0.2) is 24.5 Å². The third kappa shape index (κ3) is 1.04. The van der Waals surface area contributed by atoms with Gasteiger partial charge in [-0.25, -0.2) is 0 Å². The van der Waals surface area contributed by atoms with Crippen molar-refractivity contribution >= 4 is 0 Å². The van der Waals surface area contributed by atoms with E-state index in [9.17, 15) is 0 Å². The first-order valence-corrected chi connectivity index (χ1v) is 4.36. The van der Waals surface area contributed by atoms with Gasteiger partial charge in [0.15, 0.2) is 0 Å². The minimum Gasteiger partial charge on any atom is -0.302 e. The zero-order valence-corrected chi connectivity index (χ0v) is 7.09. The van der Waals surface area contributed by atoms with Crippen LogP contribution in [0, 0.1) is 5.92 Å².